The monoisotopic (exact) mass is 353 g/mol. The number of hydrogen-bond acceptors (Lipinski definition) is 4. The van der Waals surface area contributed by atoms with Crippen molar-refractivity contribution in [3.05, 3.63) is 29.5 Å². The van der Waals surface area contributed by atoms with E-state index in [1.807, 2.05) is 0 Å². The summed E-state index contributed by atoms with van der Waals surface area (Å²) >= 11 is 0. The fraction of sp³-hybridized carbons (Fsp3) is 0.471. The first-order valence-electron chi connectivity index (χ1n) is 8.12. The Morgan fingerprint density at radius 3 is 2.52 bits per heavy atom. The number of nitrogens with zero attached hydrogens (tertiary/aromatic N) is 2. The molecule has 0 aliphatic heterocycles. The third kappa shape index (κ3) is 3.52. The van der Waals surface area contributed by atoms with Crippen molar-refractivity contribution in [3.8, 4) is 11.3 Å². The Labute approximate surface area is 142 Å². The summed E-state index contributed by atoms with van der Waals surface area (Å²) in [5, 5.41) is 2.56. The van der Waals surface area contributed by atoms with Gasteiger partial charge in [0, 0.05) is 17.9 Å². The summed E-state index contributed by atoms with van der Waals surface area (Å²) in [6.45, 7) is 3.45. The fourth-order valence-electron chi connectivity index (χ4n) is 2.83. The summed E-state index contributed by atoms with van der Waals surface area (Å²) in [5.74, 6) is -0.911. The molecule has 1 amide bonds. The van der Waals surface area contributed by atoms with Gasteiger partial charge in [-0.2, -0.15) is 13.2 Å². The molecule has 25 heavy (non-hydrogen) atoms. The molecule has 0 bridgehead atoms. The minimum Gasteiger partial charge on any atom is -0.455 e. The molecule has 0 atom stereocenters. The number of anilines is 1. The zero-order valence-corrected chi connectivity index (χ0v) is 13.9. The number of carbonyl (C=O) groups excluding carboxylic acids is 1. The molecular formula is C17H18F3N3O2. The first kappa shape index (κ1) is 17.4. The van der Waals surface area contributed by atoms with E-state index in [9.17, 15) is 18.0 Å². The zero-order valence-electron chi connectivity index (χ0n) is 13.9. The lowest BCUT2D eigenvalue weighted by molar-refractivity contribution is -0.152. The van der Waals surface area contributed by atoms with Crippen LogP contribution in [0.1, 0.15) is 43.8 Å². The van der Waals surface area contributed by atoms with Crippen molar-refractivity contribution < 1.29 is 22.4 Å². The molecule has 2 aromatic rings. The number of hydrogen-bond donors (Lipinski definition) is 1. The van der Waals surface area contributed by atoms with Gasteiger partial charge in [0.15, 0.2) is 5.82 Å². The van der Waals surface area contributed by atoms with E-state index in [1.54, 1.807) is 13.8 Å². The SMILES string of the molecule is CC(C)C(=O)Nc1cnc(-c2c(C(F)(F)F)oc3c2CCCC3)cn1. The van der Waals surface area contributed by atoms with Gasteiger partial charge < -0.3 is 9.73 Å². The third-order valence-electron chi connectivity index (χ3n) is 4.11. The molecule has 1 aliphatic carbocycles. The number of aromatic nitrogens is 2. The van der Waals surface area contributed by atoms with Crippen LogP contribution >= 0.6 is 0 Å². The first-order chi connectivity index (χ1) is 11.8. The van der Waals surface area contributed by atoms with E-state index in [4.69, 9.17) is 4.42 Å². The van der Waals surface area contributed by atoms with Crippen LogP contribution in [-0.4, -0.2) is 15.9 Å². The molecule has 0 aromatic carbocycles. The molecule has 0 fully saturated rings. The van der Waals surface area contributed by atoms with Crippen molar-refractivity contribution in [2.75, 3.05) is 5.32 Å². The van der Waals surface area contributed by atoms with Gasteiger partial charge in [0.25, 0.3) is 0 Å². The molecule has 0 radical (unpaired) electrons. The van der Waals surface area contributed by atoms with Gasteiger partial charge in [0.2, 0.25) is 11.7 Å². The number of carbonyl (C=O) groups is 1. The lowest BCUT2D eigenvalue weighted by atomic mass is 9.93. The number of furan rings is 1. The highest BCUT2D eigenvalue weighted by Crippen LogP contribution is 2.43. The molecule has 2 heterocycles. The fourth-order valence-corrected chi connectivity index (χ4v) is 2.83. The van der Waals surface area contributed by atoms with Crippen LogP contribution in [0.5, 0.6) is 0 Å². The number of halogens is 3. The Morgan fingerprint density at radius 1 is 1.20 bits per heavy atom. The molecule has 3 rings (SSSR count). The average molecular weight is 353 g/mol. The number of aryl methyl sites for hydroxylation is 1. The van der Waals surface area contributed by atoms with Gasteiger partial charge in [0.1, 0.15) is 5.76 Å². The van der Waals surface area contributed by atoms with Crippen LogP contribution in [-0.2, 0) is 23.8 Å². The maximum absolute atomic E-state index is 13.4. The largest absolute Gasteiger partial charge is 0.455 e. The molecule has 0 spiro atoms. The van der Waals surface area contributed by atoms with E-state index in [1.165, 1.54) is 12.4 Å². The average Bonchev–Trinajstić information content (AvgIpc) is 2.95. The molecular weight excluding hydrogens is 335 g/mol. The van der Waals surface area contributed by atoms with E-state index in [0.29, 0.717) is 24.2 Å². The minimum atomic E-state index is -4.60. The van der Waals surface area contributed by atoms with Crippen LogP contribution in [0.25, 0.3) is 11.3 Å². The van der Waals surface area contributed by atoms with Crippen molar-refractivity contribution in [2.45, 2.75) is 45.7 Å². The number of rotatable bonds is 3. The smallest absolute Gasteiger partial charge is 0.450 e. The molecule has 0 saturated heterocycles. The predicted molar refractivity (Wildman–Crippen MR) is 84.8 cm³/mol. The second kappa shape index (κ2) is 6.50. The van der Waals surface area contributed by atoms with Gasteiger partial charge in [-0.25, -0.2) is 4.98 Å². The van der Waals surface area contributed by atoms with Crippen molar-refractivity contribution in [1.29, 1.82) is 0 Å². The van der Waals surface area contributed by atoms with Gasteiger partial charge >= 0.3 is 6.18 Å². The van der Waals surface area contributed by atoms with Crippen LogP contribution in [0.4, 0.5) is 19.0 Å². The summed E-state index contributed by atoms with van der Waals surface area (Å²) in [4.78, 5) is 19.8. The van der Waals surface area contributed by atoms with E-state index in [2.05, 4.69) is 15.3 Å². The molecule has 8 heteroatoms. The van der Waals surface area contributed by atoms with Gasteiger partial charge in [-0.05, 0) is 19.3 Å². The van der Waals surface area contributed by atoms with Crippen LogP contribution in [0.3, 0.4) is 0 Å². The zero-order chi connectivity index (χ0) is 18.2. The summed E-state index contributed by atoms with van der Waals surface area (Å²) in [6.07, 6.45) is 0.545. The summed E-state index contributed by atoms with van der Waals surface area (Å²) in [6, 6.07) is 0. The van der Waals surface area contributed by atoms with Crippen LogP contribution < -0.4 is 5.32 Å². The van der Waals surface area contributed by atoms with Crippen molar-refractivity contribution in [1.82, 2.24) is 9.97 Å². The third-order valence-corrected chi connectivity index (χ3v) is 4.11. The second-order valence-electron chi connectivity index (χ2n) is 6.34. The lowest BCUT2D eigenvalue weighted by Gasteiger charge is -2.11. The van der Waals surface area contributed by atoms with Gasteiger partial charge in [-0.3, -0.25) is 9.78 Å². The summed E-state index contributed by atoms with van der Waals surface area (Å²) in [5.41, 5.74) is 0.630. The quantitative estimate of drug-likeness (QED) is 0.897. The summed E-state index contributed by atoms with van der Waals surface area (Å²) in [7, 11) is 0. The molecule has 5 nitrogen and oxygen atoms in total. The number of fused-ring (bicyclic) bond motifs is 1. The lowest BCUT2D eigenvalue weighted by Crippen LogP contribution is -2.18. The standard InChI is InChI=1S/C17H18F3N3O2/c1-9(2)16(24)23-13-8-21-11(7-22-13)14-10-5-3-4-6-12(10)25-15(14)17(18,19)20/h7-9H,3-6H2,1-2H3,(H,22,23,24). The molecule has 0 unspecified atom stereocenters. The maximum Gasteiger partial charge on any atom is 0.450 e. The van der Waals surface area contributed by atoms with Crippen LogP contribution in [0.2, 0.25) is 0 Å². The Bertz CT molecular complexity index is 780. The van der Waals surface area contributed by atoms with Crippen molar-refractivity contribution in [3.63, 3.8) is 0 Å². The highest BCUT2D eigenvalue weighted by Gasteiger charge is 2.41. The van der Waals surface area contributed by atoms with E-state index in [0.717, 1.165) is 12.8 Å². The molecule has 0 saturated carbocycles. The predicted octanol–water partition coefficient (Wildman–Crippen LogP) is 4.23. The highest BCUT2D eigenvalue weighted by atomic mass is 19.4. The number of nitrogens with one attached hydrogen (secondary N) is 1. The molecule has 1 aliphatic rings. The number of amides is 1. The summed E-state index contributed by atoms with van der Waals surface area (Å²) < 4.78 is 45.2. The first-order valence-corrected chi connectivity index (χ1v) is 8.12. The van der Waals surface area contributed by atoms with Crippen molar-refractivity contribution >= 4 is 11.7 Å². The van der Waals surface area contributed by atoms with Crippen LogP contribution in [0, 0.1) is 5.92 Å². The van der Waals surface area contributed by atoms with E-state index >= 15 is 0 Å². The van der Waals surface area contributed by atoms with Gasteiger partial charge in [0.05, 0.1) is 23.7 Å². The Morgan fingerprint density at radius 2 is 1.92 bits per heavy atom. The second-order valence-corrected chi connectivity index (χ2v) is 6.34. The van der Waals surface area contributed by atoms with Crippen LogP contribution in [0.15, 0.2) is 16.8 Å². The maximum atomic E-state index is 13.4. The van der Waals surface area contributed by atoms with E-state index < -0.39 is 11.9 Å². The van der Waals surface area contributed by atoms with Gasteiger partial charge in [-0.15, -0.1) is 0 Å². The Kier molecular flexibility index (Phi) is 4.53. The highest BCUT2D eigenvalue weighted by molar-refractivity contribution is 5.91. The molecule has 2 aromatic heterocycles. The normalized spacial score (nSPS) is 14.5. The molecule has 134 valence electrons. The Hall–Kier alpha value is -2.38. The minimum absolute atomic E-state index is 0.0311. The van der Waals surface area contributed by atoms with E-state index in [-0.39, 0.29) is 28.9 Å². The van der Waals surface area contributed by atoms with Crippen molar-refractivity contribution in [2.24, 2.45) is 5.92 Å². The number of alkyl halides is 3. The van der Waals surface area contributed by atoms with Gasteiger partial charge in [-0.1, -0.05) is 13.8 Å². The Balaban J connectivity index is 1.98. The topological polar surface area (TPSA) is 68.0 Å². The molecule has 1 N–H and O–H groups in total.